The molecule has 47 heavy (non-hydrogen) atoms. The Bertz CT molecular complexity index is 1590. The third-order valence-electron chi connectivity index (χ3n) is 8.59. The van der Waals surface area contributed by atoms with Crippen LogP contribution in [0.4, 0.5) is 35.2 Å². The Labute approximate surface area is 276 Å². The molecule has 0 radical (unpaired) electrons. The maximum absolute atomic E-state index is 14.0. The van der Waals surface area contributed by atoms with Gasteiger partial charge in [0.05, 0.1) is 27.9 Å². The summed E-state index contributed by atoms with van der Waals surface area (Å²) < 4.78 is 46.5. The van der Waals surface area contributed by atoms with Crippen LogP contribution in [0, 0.1) is 18.8 Å². The fourth-order valence-electron chi connectivity index (χ4n) is 6.27. The maximum Gasteiger partial charge on any atom is 0.416 e. The molecule has 0 bridgehead atoms. The molecule has 0 spiro atoms. The van der Waals surface area contributed by atoms with Crippen LogP contribution in [0.5, 0.6) is 0 Å². The van der Waals surface area contributed by atoms with Gasteiger partial charge in [0, 0.05) is 64.9 Å². The number of alkyl halides is 3. The van der Waals surface area contributed by atoms with Crippen LogP contribution in [-0.4, -0.2) is 97.1 Å². The van der Waals surface area contributed by atoms with Crippen LogP contribution in [0.2, 0.25) is 5.02 Å². The van der Waals surface area contributed by atoms with Gasteiger partial charge in [0.1, 0.15) is 17.5 Å². The number of para-hydroxylation sites is 1. The second kappa shape index (κ2) is 12.5. The van der Waals surface area contributed by atoms with E-state index >= 15 is 0 Å². The molecule has 2 aromatic rings. The molecule has 2 atom stereocenters. The topological polar surface area (TPSA) is 107 Å². The van der Waals surface area contributed by atoms with E-state index in [1.807, 2.05) is 4.90 Å². The molecule has 0 saturated carbocycles. The number of aryl methyl sites for hydroxylation is 1. The third-order valence-corrected chi connectivity index (χ3v) is 8.89. The Hall–Kier alpha value is -4.07. The van der Waals surface area contributed by atoms with E-state index in [0.717, 1.165) is 17.0 Å². The molecule has 0 aliphatic carbocycles. The van der Waals surface area contributed by atoms with Crippen LogP contribution in [0.1, 0.15) is 38.4 Å². The first-order valence-electron chi connectivity index (χ1n) is 15.3. The zero-order valence-corrected chi connectivity index (χ0v) is 27.9. The highest BCUT2D eigenvalue weighted by molar-refractivity contribution is 6.34. The lowest BCUT2D eigenvalue weighted by atomic mass is 9.95. The van der Waals surface area contributed by atoms with Crippen molar-refractivity contribution in [3.63, 3.8) is 0 Å². The molecule has 1 aromatic heterocycles. The number of amides is 4. The van der Waals surface area contributed by atoms with Crippen molar-refractivity contribution in [3.05, 3.63) is 46.6 Å². The van der Waals surface area contributed by atoms with Crippen molar-refractivity contribution >= 4 is 52.6 Å². The highest BCUT2D eigenvalue weighted by atomic mass is 35.5. The first kappa shape index (κ1) is 34.3. The Morgan fingerprint density at radius 1 is 1.11 bits per heavy atom. The number of fused-ring (bicyclic) bond motifs is 2. The minimum atomic E-state index is -4.67. The minimum absolute atomic E-state index is 0.0601. The number of ether oxygens (including phenoxy) is 1. The number of likely N-dealkylation sites (tertiary alicyclic amines) is 1. The summed E-state index contributed by atoms with van der Waals surface area (Å²) >= 11 is 6.70. The molecule has 4 amide bonds. The number of aromatic nitrogens is 1. The molecule has 3 aliphatic heterocycles. The van der Waals surface area contributed by atoms with Gasteiger partial charge in [0.25, 0.3) is 0 Å². The van der Waals surface area contributed by atoms with Crippen LogP contribution in [0.25, 0.3) is 0 Å². The number of carbonyl (C=O) groups is 4. The molecule has 11 nitrogen and oxygen atoms in total. The zero-order valence-electron chi connectivity index (χ0n) is 27.1. The van der Waals surface area contributed by atoms with E-state index in [4.69, 9.17) is 16.3 Å². The van der Waals surface area contributed by atoms with Gasteiger partial charge in [-0.15, -0.1) is 0 Å². The van der Waals surface area contributed by atoms with Gasteiger partial charge in [-0.05, 0) is 52.0 Å². The molecule has 1 aromatic carbocycles. The fourth-order valence-corrected chi connectivity index (χ4v) is 6.56. The largest absolute Gasteiger partial charge is 0.444 e. The lowest BCUT2D eigenvalue weighted by Crippen LogP contribution is -2.57. The molecule has 5 rings (SSSR count). The fraction of sp³-hybridized carbons (Fsp3) is 0.531. The molecule has 15 heteroatoms. The minimum Gasteiger partial charge on any atom is -0.444 e. The van der Waals surface area contributed by atoms with Crippen molar-refractivity contribution in [2.24, 2.45) is 11.8 Å². The summed E-state index contributed by atoms with van der Waals surface area (Å²) in [7, 11) is 3.20. The molecule has 0 N–H and O–H groups in total. The number of nitrogens with zero attached hydrogens (tertiary/aromatic N) is 6. The monoisotopic (exact) mass is 678 g/mol. The molecule has 3 aliphatic rings. The highest BCUT2D eigenvalue weighted by Crippen LogP contribution is 2.43. The van der Waals surface area contributed by atoms with Gasteiger partial charge in [-0.2, -0.15) is 13.2 Å². The van der Waals surface area contributed by atoms with Crippen LogP contribution < -0.4 is 14.7 Å². The van der Waals surface area contributed by atoms with Crippen LogP contribution >= 0.6 is 11.6 Å². The van der Waals surface area contributed by atoms with E-state index in [1.165, 1.54) is 23.8 Å². The molecule has 254 valence electrons. The predicted octanol–water partition coefficient (Wildman–Crippen LogP) is 4.59. The van der Waals surface area contributed by atoms with Crippen LogP contribution in [0.3, 0.4) is 0 Å². The molecule has 4 heterocycles. The Morgan fingerprint density at radius 3 is 2.43 bits per heavy atom. The summed E-state index contributed by atoms with van der Waals surface area (Å²) in [5.74, 6) is -2.37. The summed E-state index contributed by atoms with van der Waals surface area (Å²) in [5, 5.41) is 0.359. The lowest BCUT2D eigenvalue weighted by molar-refractivity contribution is -0.139. The number of anilines is 3. The predicted molar refractivity (Wildman–Crippen MR) is 169 cm³/mol. The van der Waals surface area contributed by atoms with E-state index in [9.17, 15) is 32.3 Å². The van der Waals surface area contributed by atoms with E-state index in [0.29, 0.717) is 16.4 Å². The third kappa shape index (κ3) is 6.97. The van der Waals surface area contributed by atoms with Crippen molar-refractivity contribution in [2.45, 2.75) is 51.9 Å². The maximum atomic E-state index is 14.0. The average Bonchev–Trinajstić information content (AvgIpc) is 3.26. The van der Waals surface area contributed by atoms with Crippen LogP contribution in [0.15, 0.2) is 30.3 Å². The second-order valence-corrected chi connectivity index (χ2v) is 13.7. The summed E-state index contributed by atoms with van der Waals surface area (Å²) in [5.41, 5.74) is -0.550. The van der Waals surface area contributed by atoms with Crippen molar-refractivity contribution in [1.29, 1.82) is 0 Å². The summed E-state index contributed by atoms with van der Waals surface area (Å²) in [6, 6.07) is 5.64. The van der Waals surface area contributed by atoms with Gasteiger partial charge in [0.2, 0.25) is 17.7 Å². The number of likely N-dealkylation sites (N-methyl/N-ethyl adjacent to an activating group) is 2. The van der Waals surface area contributed by atoms with Crippen molar-refractivity contribution in [1.82, 2.24) is 14.8 Å². The Kier molecular flexibility index (Phi) is 9.12. The summed E-state index contributed by atoms with van der Waals surface area (Å²) in [6.45, 7) is 7.91. The van der Waals surface area contributed by atoms with Gasteiger partial charge in [-0.1, -0.05) is 17.7 Å². The van der Waals surface area contributed by atoms with Gasteiger partial charge >= 0.3 is 12.3 Å². The van der Waals surface area contributed by atoms with E-state index in [2.05, 4.69) is 4.98 Å². The SMILES string of the molecule is Cc1cc(C(F)(F)F)cc(N2C(=O)C[C@@H]3CN(CCN(C)C(=O)C4CN(C(=O)OC(C)(C)C)C4)c4c(Cl)cccc4N(C)C(=O)[C@H]32)n1. The molecule has 2 saturated heterocycles. The Morgan fingerprint density at radius 2 is 1.79 bits per heavy atom. The number of hydrogen-bond donors (Lipinski definition) is 0. The molecular weight excluding hydrogens is 641 g/mol. The standard InChI is InChI=1S/C32H38ClF3N6O5/c1-18-12-21(32(34,35)36)14-24(37-18)42-25(43)13-19-15-40(27-22(33)8-7-9-23(27)39(6)29(45)26(19)42)11-10-38(5)28(44)20-16-41(17-20)30(46)47-31(2,3)4/h7-9,12,14,19-20,26H,10-11,13,15-17H2,1-6H3/t19-,26+/m1/s1. The van der Waals surface area contributed by atoms with E-state index < -0.39 is 47.2 Å². The van der Waals surface area contributed by atoms with Crippen molar-refractivity contribution in [3.8, 4) is 0 Å². The molecular formula is C32H38ClF3N6O5. The zero-order chi connectivity index (χ0) is 34.6. The average molecular weight is 679 g/mol. The van der Waals surface area contributed by atoms with E-state index in [1.54, 1.807) is 50.9 Å². The van der Waals surface area contributed by atoms with Gasteiger partial charge in [0.15, 0.2) is 0 Å². The smallest absolute Gasteiger partial charge is 0.416 e. The lowest BCUT2D eigenvalue weighted by Gasteiger charge is -2.41. The number of carbonyl (C=O) groups excluding carboxylic acids is 4. The normalized spacial score (nSPS) is 20.4. The Balaban J connectivity index is 1.38. The number of hydrogen-bond acceptors (Lipinski definition) is 7. The summed E-state index contributed by atoms with van der Waals surface area (Å²) in [6.07, 6.45) is -5.25. The van der Waals surface area contributed by atoms with Gasteiger partial charge < -0.3 is 24.3 Å². The number of pyridine rings is 1. The van der Waals surface area contributed by atoms with Crippen molar-refractivity contribution < 1.29 is 37.1 Å². The number of rotatable bonds is 5. The second-order valence-electron chi connectivity index (χ2n) is 13.3. The first-order valence-corrected chi connectivity index (χ1v) is 15.7. The van der Waals surface area contributed by atoms with E-state index in [-0.39, 0.29) is 62.5 Å². The number of benzene rings is 1. The van der Waals surface area contributed by atoms with Crippen molar-refractivity contribution in [2.75, 3.05) is 61.5 Å². The molecule has 2 fully saturated rings. The van der Waals surface area contributed by atoms with Gasteiger partial charge in [-0.3, -0.25) is 19.3 Å². The quantitative estimate of drug-likeness (QED) is 0.456. The van der Waals surface area contributed by atoms with Gasteiger partial charge in [-0.25, -0.2) is 9.78 Å². The first-order chi connectivity index (χ1) is 21.9. The van der Waals surface area contributed by atoms with Crippen LogP contribution in [-0.2, 0) is 25.3 Å². The number of halogens is 4. The highest BCUT2D eigenvalue weighted by Gasteiger charge is 2.49. The molecule has 0 unspecified atom stereocenters. The summed E-state index contributed by atoms with van der Waals surface area (Å²) in [4.78, 5) is 64.7.